The van der Waals surface area contributed by atoms with Crippen LogP contribution in [0.5, 0.6) is 0 Å². The van der Waals surface area contributed by atoms with Crippen LogP contribution in [0, 0.1) is 0 Å². The van der Waals surface area contributed by atoms with Crippen molar-refractivity contribution >= 4 is 32.7 Å². The Kier molecular flexibility index (Phi) is 5.54. The van der Waals surface area contributed by atoms with E-state index in [1.54, 1.807) is 0 Å². The minimum atomic E-state index is 0.611. The van der Waals surface area contributed by atoms with Gasteiger partial charge in [0.15, 0.2) is 17.5 Å². The van der Waals surface area contributed by atoms with Crippen molar-refractivity contribution in [1.82, 2.24) is 15.0 Å². The lowest BCUT2D eigenvalue weighted by molar-refractivity contribution is 0.669. The van der Waals surface area contributed by atoms with E-state index in [9.17, 15) is 0 Å². The Bertz CT molecular complexity index is 2660. The van der Waals surface area contributed by atoms with Crippen LogP contribution in [0.25, 0.3) is 100 Å². The first-order chi connectivity index (χ1) is 23.3. The molecule has 0 saturated heterocycles. The van der Waals surface area contributed by atoms with Crippen LogP contribution >= 0.6 is 0 Å². The first kappa shape index (κ1) is 25.9. The number of benzene rings is 7. The van der Waals surface area contributed by atoms with Crippen LogP contribution in [0.3, 0.4) is 0 Å². The quantitative estimate of drug-likeness (QED) is 0.202. The molecule has 0 radical (unpaired) electrons. The summed E-state index contributed by atoms with van der Waals surface area (Å²) in [7, 11) is 0. The standard InChI is InChI=1S/C43H25N3O/c1-2-11-26(12-3-1)41-44-42(46-43(45-41)36-20-10-22-38-40(36)35-17-6-7-21-37(35)47-38)28-14-8-13-27(25-28)29-23-24-34-31-16-5-4-15-30(31)33-19-9-18-32(29)39(33)34/h1-25H. The normalized spacial score (nSPS) is 11.8. The summed E-state index contributed by atoms with van der Waals surface area (Å²) in [6, 6.07) is 52.7. The molecule has 218 valence electrons. The van der Waals surface area contributed by atoms with Crippen molar-refractivity contribution in [2.24, 2.45) is 0 Å². The Morgan fingerprint density at radius 1 is 0.319 bits per heavy atom. The predicted octanol–water partition coefficient (Wildman–Crippen LogP) is 11.2. The van der Waals surface area contributed by atoms with Crippen LogP contribution in [0.4, 0.5) is 0 Å². The van der Waals surface area contributed by atoms with E-state index in [-0.39, 0.29) is 0 Å². The van der Waals surface area contributed by atoms with Gasteiger partial charge in [-0.25, -0.2) is 15.0 Å². The van der Waals surface area contributed by atoms with Gasteiger partial charge in [-0.05, 0) is 62.4 Å². The average Bonchev–Trinajstić information content (AvgIpc) is 3.69. The Labute approximate surface area is 270 Å². The van der Waals surface area contributed by atoms with E-state index in [0.717, 1.165) is 44.2 Å². The number of rotatable bonds is 4. The first-order valence-corrected chi connectivity index (χ1v) is 15.8. The minimum absolute atomic E-state index is 0.611. The molecule has 2 aromatic heterocycles. The largest absolute Gasteiger partial charge is 0.456 e. The maximum atomic E-state index is 6.21. The first-order valence-electron chi connectivity index (χ1n) is 15.8. The molecule has 0 N–H and O–H groups in total. The molecule has 4 nitrogen and oxygen atoms in total. The van der Waals surface area contributed by atoms with Gasteiger partial charge < -0.3 is 4.42 Å². The molecule has 0 amide bonds. The van der Waals surface area contributed by atoms with E-state index in [2.05, 4.69) is 91.0 Å². The highest BCUT2D eigenvalue weighted by Gasteiger charge is 2.23. The molecule has 0 bridgehead atoms. The number of fused-ring (bicyclic) bond motifs is 6. The zero-order valence-corrected chi connectivity index (χ0v) is 25.2. The molecule has 9 aromatic rings. The molecule has 0 spiro atoms. The monoisotopic (exact) mass is 599 g/mol. The molecular formula is C43H25N3O. The highest BCUT2D eigenvalue weighted by Crippen LogP contribution is 2.49. The van der Waals surface area contributed by atoms with Crippen LogP contribution in [0.2, 0.25) is 0 Å². The summed E-state index contributed by atoms with van der Waals surface area (Å²) >= 11 is 0. The molecule has 10 rings (SSSR count). The average molecular weight is 600 g/mol. The number of furan rings is 1. The lowest BCUT2D eigenvalue weighted by Crippen LogP contribution is -2.00. The summed E-state index contributed by atoms with van der Waals surface area (Å²) in [6.45, 7) is 0. The molecule has 47 heavy (non-hydrogen) atoms. The molecule has 7 aromatic carbocycles. The van der Waals surface area contributed by atoms with Gasteiger partial charge in [0.2, 0.25) is 0 Å². The summed E-state index contributed by atoms with van der Waals surface area (Å²) in [5.74, 6) is 1.86. The fraction of sp³-hybridized carbons (Fsp3) is 0. The van der Waals surface area contributed by atoms with Crippen molar-refractivity contribution in [2.75, 3.05) is 0 Å². The van der Waals surface area contributed by atoms with Crippen molar-refractivity contribution in [3.05, 3.63) is 152 Å². The smallest absolute Gasteiger partial charge is 0.164 e. The lowest BCUT2D eigenvalue weighted by Gasteiger charge is -2.12. The molecule has 4 heteroatoms. The lowest BCUT2D eigenvalue weighted by atomic mass is 9.93. The Hall–Kier alpha value is -6.39. The topological polar surface area (TPSA) is 51.8 Å². The molecule has 1 aliphatic rings. The van der Waals surface area contributed by atoms with Gasteiger partial charge in [-0.1, -0.05) is 133 Å². The van der Waals surface area contributed by atoms with Crippen molar-refractivity contribution in [3.8, 4) is 67.5 Å². The van der Waals surface area contributed by atoms with Gasteiger partial charge in [0.05, 0.1) is 0 Å². The van der Waals surface area contributed by atoms with E-state index in [1.807, 2.05) is 60.7 Å². The number of hydrogen-bond acceptors (Lipinski definition) is 4. The van der Waals surface area contributed by atoms with Gasteiger partial charge in [0.1, 0.15) is 11.2 Å². The van der Waals surface area contributed by atoms with Crippen molar-refractivity contribution in [3.63, 3.8) is 0 Å². The second-order valence-electron chi connectivity index (χ2n) is 12.0. The summed E-state index contributed by atoms with van der Waals surface area (Å²) in [6.07, 6.45) is 0. The summed E-state index contributed by atoms with van der Waals surface area (Å²) in [4.78, 5) is 15.2. The molecule has 1 aliphatic carbocycles. The van der Waals surface area contributed by atoms with Gasteiger partial charge >= 0.3 is 0 Å². The zero-order chi connectivity index (χ0) is 30.9. The second-order valence-corrected chi connectivity index (χ2v) is 12.0. The van der Waals surface area contributed by atoms with Crippen molar-refractivity contribution < 1.29 is 4.42 Å². The van der Waals surface area contributed by atoms with Gasteiger partial charge in [-0.15, -0.1) is 0 Å². The van der Waals surface area contributed by atoms with Gasteiger partial charge in [0.25, 0.3) is 0 Å². The van der Waals surface area contributed by atoms with E-state index < -0.39 is 0 Å². The fourth-order valence-corrected chi connectivity index (χ4v) is 7.19. The second kappa shape index (κ2) is 10.1. The van der Waals surface area contributed by atoms with Crippen molar-refractivity contribution in [1.29, 1.82) is 0 Å². The number of nitrogens with zero attached hydrogens (tertiary/aromatic N) is 3. The van der Waals surface area contributed by atoms with Crippen LogP contribution in [-0.4, -0.2) is 15.0 Å². The SMILES string of the molecule is c1ccc(-c2nc(-c3cccc(-c4ccc5c6c(cccc46)-c4ccccc4-5)c3)nc(-c3cccc4oc5ccccc5c34)n2)cc1. The van der Waals surface area contributed by atoms with E-state index >= 15 is 0 Å². The zero-order valence-electron chi connectivity index (χ0n) is 25.2. The minimum Gasteiger partial charge on any atom is -0.456 e. The molecule has 0 unspecified atom stereocenters. The highest BCUT2D eigenvalue weighted by molar-refractivity contribution is 6.18. The van der Waals surface area contributed by atoms with Crippen LogP contribution in [0.1, 0.15) is 0 Å². The number of para-hydroxylation sites is 1. The summed E-state index contributed by atoms with van der Waals surface area (Å²) in [5, 5.41) is 4.60. The Balaban J connectivity index is 1.17. The summed E-state index contributed by atoms with van der Waals surface area (Å²) < 4.78 is 6.21. The Morgan fingerprint density at radius 2 is 0.872 bits per heavy atom. The maximum Gasteiger partial charge on any atom is 0.164 e. The molecule has 0 saturated carbocycles. The van der Waals surface area contributed by atoms with Gasteiger partial charge in [0, 0.05) is 27.5 Å². The van der Waals surface area contributed by atoms with E-state index in [4.69, 9.17) is 19.4 Å². The highest BCUT2D eigenvalue weighted by atomic mass is 16.3. The van der Waals surface area contributed by atoms with Gasteiger partial charge in [-0.3, -0.25) is 0 Å². The molecule has 0 aliphatic heterocycles. The number of aromatic nitrogens is 3. The van der Waals surface area contributed by atoms with Crippen LogP contribution in [0.15, 0.2) is 156 Å². The third kappa shape index (κ3) is 3.98. The summed E-state index contributed by atoms with van der Waals surface area (Å²) in [5.41, 5.74) is 11.9. The maximum absolute atomic E-state index is 6.21. The number of hydrogen-bond donors (Lipinski definition) is 0. The van der Waals surface area contributed by atoms with E-state index in [1.165, 1.54) is 38.6 Å². The third-order valence-electron chi connectivity index (χ3n) is 9.29. The molecule has 0 fully saturated rings. The van der Waals surface area contributed by atoms with Gasteiger partial charge in [-0.2, -0.15) is 0 Å². The molecule has 0 atom stereocenters. The van der Waals surface area contributed by atoms with Crippen LogP contribution < -0.4 is 0 Å². The Morgan fingerprint density at radius 3 is 1.74 bits per heavy atom. The van der Waals surface area contributed by atoms with Crippen LogP contribution in [-0.2, 0) is 0 Å². The van der Waals surface area contributed by atoms with E-state index in [0.29, 0.717) is 17.5 Å². The third-order valence-corrected chi connectivity index (χ3v) is 9.29. The predicted molar refractivity (Wildman–Crippen MR) is 191 cm³/mol. The molecular weight excluding hydrogens is 574 g/mol. The molecule has 2 heterocycles. The van der Waals surface area contributed by atoms with Crippen molar-refractivity contribution in [2.45, 2.75) is 0 Å². The fourth-order valence-electron chi connectivity index (χ4n) is 7.19.